The molecule has 0 aliphatic heterocycles. The Bertz CT molecular complexity index is 1030. The molecule has 7 nitrogen and oxygen atoms in total. The van der Waals surface area contributed by atoms with Crippen molar-refractivity contribution in [2.75, 3.05) is 6.61 Å². The van der Waals surface area contributed by atoms with Gasteiger partial charge in [-0.1, -0.05) is 55.0 Å². The molecule has 4 rings (SSSR count). The number of hydrogen-bond donors (Lipinski definition) is 3. The van der Waals surface area contributed by atoms with Crippen LogP contribution in [0.15, 0.2) is 48.5 Å². The number of carboxylic acids is 1. The highest BCUT2D eigenvalue weighted by Gasteiger charge is 2.33. The molecular weight excluding hydrogens is 432 g/mol. The molecule has 1 unspecified atom stereocenters. The largest absolute Gasteiger partial charge is 0.481 e. The van der Waals surface area contributed by atoms with E-state index in [0.29, 0.717) is 0 Å². The van der Waals surface area contributed by atoms with Gasteiger partial charge in [-0.3, -0.25) is 9.59 Å². The lowest BCUT2D eigenvalue weighted by atomic mass is 9.78. The maximum absolute atomic E-state index is 12.6. The van der Waals surface area contributed by atoms with Gasteiger partial charge < -0.3 is 20.5 Å². The summed E-state index contributed by atoms with van der Waals surface area (Å²) in [6.07, 6.45) is 2.28. The van der Waals surface area contributed by atoms with Gasteiger partial charge in [0.2, 0.25) is 5.91 Å². The molecule has 2 aromatic carbocycles. The van der Waals surface area contributed by atoms with Crippen molar-refractivity contribution in [3.05, 3.63) is 59.7 Å². The number of alkyl carbamates (subject to hydrolysis) is 1. The fraction of sp³-hybridized carbons (Fsp3) is 0.444. The normalized spacial score (nSPS) is 16.1. The van der Waals surface area contributed by atoms with E-state index in [1.165, 1.54) is 0 Å². The molecule has 180 valence electrons. The first-order valence-corrected chi connectivity index (χ1v) is 11.9. The summed E-state index contributed by atoms with van der Waals surface area (Å²) in [6.45, 7) is 3.71. The van der Waals surface area contributed by atoms with Crippen LogP contribution in [0.4, 0.5) is 4.79 Å². The van der Waals surface area contributed by atoms with Crippen LogP contribution in [0.2, 0.25) is 0 Å². The molecule has 34 heavy (non-hydrogen) atoms. The van der Waals surface area contributed by atoms with Crippen molar-refractivity contribution in [2.45, 2.75) is 63.5 Å². The van der Waals surface area contributed by atoms with Crippen LogP contribution in [0.1, 0.15) is 63.0 Å². The third kappa shape index (κ3) is 5.41. The highest BCUT2D eigenvalue weighted by molar-refractivity contribution is 5.80. The summed E-state index contributed by atoms with van der Waals surface area (Å²) < 4.78 is 5.60. The van der Waals surface area contributed by atoms with Crippen LogP contribution in [0, 0.1) is 5.92 Å². The SMILES string of the molecule is CC(C)(CC(=O)NC(CC(=O)O)C1CCC1)NC(=O)OCC1c2ccccc2-c2ccccc21. The number of carbonyl (C=O) groups excluding carboxylic acids is 2. The van der Waals surface area contributed by atoms with Gasteiger partial charge in [0.25, 0.3) is 0 Å². The second-order valence-corrected chi connectivity index (χ2v) is 9.97. The van der Waals surface area contributed by atoms with Gasteiger partial charge in [-0.05, 0) is 54.9 Å². The van der Waals surface area contributed by atoms with Crippen molar-refractivity contribution in [3.8, 4) is 11.1 Å². The summed E-state index contributed by atoms with van der Waals surface area (Å²) in [5, 5.41) is 14.8. The molecule has 0 radical (unpaired) electrons. The van der Waals surface area contributed by atoms with Gasteiger partial charge in [-0.15, -0.1) is 0 Å². The third-order valence-corrected chi connectivity index (χ3v) is 6.85. The molecule has 3 N–H and O–H groups in total. The van der Waals surface area contributed by atoms with E-state index in [0.717, 1.165) is 41.5 Å². The maximum Gasteiger partial charge on any atom is 0.407 e. The number of hydrogen-bond acceptors (Lipinski definition) is 4. The Labute approximate surface area is 199 Å². The van der Waals surface area contributed by atoms with Crippen LogP contribution in [-0.4, -0.2) is 41.3 Å². The minimum absolute atomic E-state index is 0.0278. The van der Waals surface area contributed by atoms with E-state index >= 15 is 0 Å². The first kappa shape index (κ1) is 23.8. The molecule has 1 fully saturated rings. The Morgan fingerprint density at radius 1 is 1.03 bits per heavy atom. The van der Waals surface area contributed by atoms with Gasteiger partial charge in [0.15, 0.2) is 0 Å². The summed E-state index contributed by atoms with van der Waals surface area (Å²) >= 11 is 0. The number of ether oxygens (including phenoxy) is 1. The van der Waals surface area contributed by atoms with Crippen molar-refractivity contribution in [3.63, 3.8) is 0 Å². The molecule has 0 aromatic heterocycles. The van der Waals surface area contributed by atoms with Crippen LogP contribution in [0.25, 0.3) is 11.1 Å². The zero-order valence-corrected chi connectivity index (χ0v) is 19.7. The average Bonchev–Trinajstić information content (AvgIpc) is 3.03. The van der Waals surface area contributed by atoms with E-state index in [1.54, 1.807) is 13.8 Å². The lowest BCUT2D eigenvalue weighted by Crippen LogP contribution is -2.50. The first-order valence-electron chi connectivity index (χ1n) is 11.9. The summed E-state index contributed by atoms with van der Waals surface area (Å²) in [5.41, 5.74) is 3.74. The van der Waals surface area contributed by atoms with Crippen molar-refractivity contribution < 1.29 is 24.2 Å². The molecule has 1 atom stereocenters. The van der Waals surface area contributed by atoms with Gasteiger partial charge in [0, 0.05) is 23.9 Å². The molecular formula is C27H32N2O5. The fourth-order valence-corrected chi connectivity index (χ4v) is 4.98. The van der Waals surface area contributed by atoms with E-state index in [9.17, 15) is 14.4 Å². The topological polar surface area (TPSA) is 105 Å². The van der Waals surface area contributed by atoms with E-state index in [1.807, 2.05) is 24.3 Å². The number of aliphatic carboxylic acids is 1. The highest BCUT2D eigenvalue weighted by atomic mass is 16.5. The van der Waals surface area contributed by atoms with Crippen molar-refractivity contribution in [1.82, 2.24) is 10.6 Å². The monoisotopic (exact) mass is 464 g/mol. The van der Waals surface area contributed by atoms with E-state index < -0.39 is 17.6 Å². The Morgan fingerprint density at radius 2 is 1.62 bits per heavy atom. The molecule has 0 spiro atoms. The summed E-state index contributed by atoms with van der Waals surface area (Å²) in [7, 11) is 0. The molecule has 0 bridgehead atoms. The molecule has 2 amide bonds. The summed E-state index contributed by atoms with van der Waals surface area (Å²) in [4.78, 5) is 36.4. The minimum Gasteiger partial charge on any atom is -0.481 e. The maximum atomic E-state index is 12.6. The van der Waals surface area contributed by atoms with Crippen LogP contribution in [0.3, 0.4) is 0 Å². The van der Waals surface area contributed by atoms with E-state index in [-0.39, 0.29) is 43.2 Å². The van der Waals surface area contributed by atoms with Gasteiger partial charge in [0.05, 0.1) is 6.42 Å². The number of nitrogens with one attached hydrogen (secondary N) is 2. The standard InChI is InChI=1S/C27H32N2O5/c1-27(2,15-24(30)28-23(14-25(31)32)17-8-7-9-17)29-26(33)34-16-22-20-12-5-3-10-18(20)19-11-4-6-13-21(19)22/h3-6,10-13,17,22-23H,7-9,14-16H2,1-2H3,(H,28,30)(H,29,33)(H,31,32). The van der Waals surface area contributed by atoms with Crippen LogP contribution < -0.4 is 10.6 Å². The van der Waals surface area contributed by atoms with Crippen LogP contribution in [0.5, 0.6) is 0 Å². The van der Waals surface area contributed by atoms with E-state index in [4.69, 9.17) is 9.84 Å². The van der Waals surface area contributed by atoms with Gasteiger partial charge in [0.1, 0.15) is 6.61 Å². The molecule has 0 saturated heterocycles. The van der Waals surface area contributed by atoms with Gasteiger partial charge in [-0.2, -0.15) is 0 Å². The second kappa shape index (κ2) is 9.87. The zero-order valence-electron chi connectivity index (χ0n) is 19.7. The Hall–Kier alpha value is -3.35. The molecule has 7 heteroatoms. The first-order chi connectivity index (χ1) is 16.2. The molecule has 0 heterocycles. The second-order valence-electron chi connectivity index (χ2n) is 9.97. The predicted molar refractivity (Wildman–Crippen MR) is 128 cm³/mol. The summed E-state index contributed by atoms with van der Waals surface area (Å²) in [6, 6.07) is 15.9. The van der Waals surface area contributed by atoms with Crippen molar-refractivity contribution in [1.29, 1.82) is 0 Å². The smallest absolute Gasteiger partial charge is 0.407 e. The lowest BCUT2D eigenvalue weighted by Gasteiger charge is -2.34. The number of carbonyl (C=O) groups is 3. The third-order valence-electron chi connectivity index (χ3n) is 6.85. The Kier molecular flexibility index (Phi) is 6.91. The minimum atomic E-state index is -0.923. The number of carboxylic acid groups (broad SMARTS) is 1. The van der Waals surface area contributed by atoms with Crippen LogP contribution in [-0.2, 0) is 14.3 Å². The average molecular weight is 465 g/mol. The van der Waals surface area contributed by atoms with Gasteiger partial charge >= 0.3 is 12.1 Å². The molecule has 2 aliphatic carbocycles. The molecule has 1 saturated carbocycles. The number of fused-ring (bicyclic) bond motifs is 3. The Morgan fingerprint density at radius 3 is 2.15 bits per heavy atom. The van der Waals surface area contributed by atoms with Crippen molar-refractivity contribution >= 4 is 18.0 Å². The van der Waals surface area contributed by atoms with Crippen LogP contribution >= 0.6 is 0 Å². The number of rotatable bonds is 9. The summed E-state index contributed by atoms with van der Waals surface area (Å²) in [5.74, 6) is -1.03. The Balaban J connectivity index is 1.32. The zero-order chi connectivity index (χ0) is 24.3. The van der Waals surface area contributed by atoms with Crippen molar-refractivity contribution in [2.24, 2.45) is 5.92 Å². The number of benzene rings is 2. The molecule has 2 aliphatic rings. The quantitative estimate of drug-likeness (QED) is 0.508. The fourth-order valence-electron chi connectivity index (χ4n) is 4.98. The molecule has 2 aromatic rings. The highest BCUT2D eigenvalue weighted by Crippen LogP contribution is 2.44. The predicted octanol–water partition coefficient (Wildman–Crippen LogP) is 4.45. The van der Waals surface area contributed by atoms with Gasteiger partial charge in [-0.25, -0.2) is 4.79 Å². The van der Waals surface area contributed by atoms with E-state index in [2.05, 4.69) is 34.9 Å². The number of amides is 2. The lowest BCUT2D eigenvalue weighted by molar-refractivity contribution is -0.138.